The maximum Gasteiger partial charge on any atom is 0.264 e. The fourth-order valence-electron chi connectivity index (χ4n) is 2.58. The topological polar surface area (TPSA) is 64.4 Å². The molecule has 3 rings (SSSR count). The molecule has 1 saturated heterocycles. The van der Waals surface area contributed by atoms with Gasteiger partial charge in [-0.3, -0.25) is 9.59 Å². The predicted molar refractivity (Wildman–Crippen MR) is 91.6 cm³/mol. The van der Waals surface area contributed by atoms with E-state index in [2.05, 4.69) is 0 Å². The van der Waals surface area contributed by atoms with Crippen LogP contribution in [0.3, 0.4) is 0 Å². The van der Waals surface area contributed by atoms with Crippen molar-refractivity contribution in [3.8, 4) is 6.07 Å². The minimum absolute atomic E-state index is 0.0324. The van der Waals surface area contributed by atoms with E-state index in [9.17, 15) is 9.59 Å². The molecule has 2 amide bonds. The number of rotatable bonds is 2. The van der Waals surface area contributed by atoms with Crippen molar-refractivity contribution in [2.45, 2.75) is 13.8 Å². The molecule has 0 radical (unpaired) electrons. The second-order valence-electron chi connectivity index (χ2n) is 6.08. The van der Waals surface area contributed by atoms with E-state index >= 15 is 0 Å². The Balaban J connectivity index is 1.65. The largest absolute Gasteiger partial charge is 0.338 e. The summed E-state index contributed by atoms with van der Waals surface area (Å²) in [5, 5.41) is 11.1. The summed E-state index contributed by atoms with van der Waals surface area (Å²) in [6, 6.07) is 6.02. The smallest absolute Gasteiger partial charge is 0.264 e. The highest BCUT2D eigenvalue weighted by Gasteiger charge is 2.34. The van der Waals surface area contributed by atoms with Crippen LogP contribution in [0.25, 0.3) is 9.40 Å². The van der Waals surface area contributed by atoms with Gasteiger partial charge < -0.3 is 9.80 Å². The molecule has 0 bridgehead atoms. The Morgan fingerprint density at radius 1 is 1.17 bits per heavy atom. The van der Waals surface area contributed by atoms with Crippen molar-refractivity contribution in [1.29, 1.82) is 5.26 Å². The Kier molecular flexibility index (Phi) is 4.13. The Hall–Kier alpha value is -1.91. The fraction of sp³-hybridized carbons (Fsp3) is 0.438. The zero-order valence-corrected chi connectivity index (χ0v) is 14.7. The molecule has 0 spiro atoms. The summed E-state index contributed by atoms with van der Waals surface area (Å²) in [5.74, 6) is -0.131. The average molecular weight is 347 g/mol. The maximum atomic E-state index is 12.6. The molecule has 0 unspecified atom stereocenters. The molecule has 7 heteroatoms. The maximum absolute atomic E-state index is 12.6. The van der Waals surface area contributed by atoms with E-state index in [1.165, 1.54) is 11.3 Å². The molecule has 0 N–H and O–H groups in total. The van der Waals surface area contributed by atoms with Crippen LogP contribution in [0.2, 0.25) is 0 Å². The van der Waals surface area contributed by atoms with E-state index in [0.717, 1.165) is 14.3 Å². The number of nitrogens with zero attached hydrogens (tertiary/aromatic N) is 3. The highest BCUT2D eigenvalue weighted by Crippen LogP contribution is 2.31. The number of thiophene rings is 2. The van der Waals surface area contributed by atoms with E-state index in [4.69, 9.17) is 5.26 Å². The average Bonchev–Trinajstić information content (AvgIpc) is 3.15. The Morgan fingerprint density at radius 3 is 2.43 bits per heavy atom. The Morgan fingerprint density at radius 2 is 1.83 bits per heavy atom. The van der Waals surface area contributed by atoms with Crippen LogP contribution in [0.5, 0.6) is 0 Å². The summed E-state index contributed by atoms with van der Waals surface area (Å²) in [5.41, 5.74) is -1.01. The molecular formula is C16H17N3O2S2. The second-order valence-corrected chi connectivity index (χ2v) is 8.11. The van der Waals surface area contributed by atoms with E-state index in [0.29, 0.717) is 26.2 Å². The fourth-order valence-corrected chi connectivity index (χ4v) is 4.66. The number of fused-ring (bicyclic) bond motifs is 1. The van der Waals surface area contributed by atoms with Crippen molar-refractivity contribution in [3.63, 3.8) is 0 Å². The number of carbonyl (C=O) groups excluding carboxylic acids is 2. The van der Waals surface area contributed by atoms with Crippen molar-refractivity contribution in [2.24, 2.45) is 5.41 Å². The van der Waals surface area contributed by atoms with Gasteiger partial charge in [0.25, 0.3) is 5.91 Å². The summed E-state index contributed by atoms with van der Waals surface area (Å²) < 4.78 is 2.28. The molecule has 23 heavy (non-hydrogen) atoms. The van der Waals surface area contributed by atoms with E-state index < -0.39 is 5.41 Å². The summed E-state index contributed by atoms with van der Waals surface area (Å²) >= 11 is 3.15. The first kappa shape index (κ1) is 16.0. The third-order valence-electron chi connectivity index (χ3n) is 4.02. The van der Waals surface area contributed by atoms with Crippen LogP contribution in [0, 0.1) is 16.7 Å². The molecule has 120 valence electrons. The van der Waals surface area contributed by atoms with Gasteiger partial charge >= 0.3 is 0 Å². The van der Waals surface area contributed by atoms with Crippen molar-refractivity contribution in [3.05, 3.63) is 22.4 Å². The first-order valence-corrected chi connectivity index (χ1v) is 9.09. The quantitative estimate of drug-likeness (QED) is 0.839. The summed E-state index contributed by atoms with van der Waals surface area (Å²) in [6.07, 6.45) is 0. The number of amides is 2. The Labute approximate surface area is 142 Å². The van der Waals surface area contributed by atoms with Crippen LogP contribution < -0.4 is 0 Å². The minimum Gasteiger partial charge on any atom is -0.338 e. The standard InChI is InChI=1S/C16H17N3O2S2/c1-16(2,10-17)15(21)19-6-4-18(5-7-19)14(20)13-9-12-11(23-13)3-8-22-12/h3,8-9H,4-7H2,1-2H3. The molecule has 2 aromatic heterocycles. The van der Waals surface area contributed by atoms with Gasteiger partial charge in [0, 0.05) is 35.6 Å². The highest BCUT2D eigenvalue weighted by molar-refractivity contribution is 7.27. The highest BCUT2D eigenvalue weighted by atomic mass is 32.1. The molecule has 0 aliphatic carbocycles. The summed E-state index contributed by atoms with van der Waals surface area (Å²) in [7, 11) is 0. The third-order valence-corrected chi connectivity index (χ3v) is 6.10. The monoisotopic (exact) mass is 347 g/mol. The molecule has 1 aliphatic heterocycles. The molecule has 2 aromatic rings. The second kappa shape index (κ2) is 5.95. The molecule has 0 atom stereocenters. The van der Waals surface area contributed by atoms with Gasteiger partial charge in [0.1, 0.15) is 5.41 Å². The van der Waals surface area contributed by atoms with Crippen molar-refractivity contribution in [1.82, 2.24) is 9.80 Å². The van der Waals surface area contributed by atoms with E-state index in [1.807, 2.05) is 23.6 Å². The summed E-state index contributed by atoms with van der Waals surface area (Å²) in [6.45, 7) is 5.25. The van der Waals surface area contributed by atoms with Gasteiger partial charge in [-0.1, -0.05) is 0 Å². The normalized spacial score (nSPS) is 15.7. The van der Waals surface area contributed by atoms with Crippen LogP contribution in [0.4, 0.5) is 0 Å². The minimum atomic E-state index is -1.01. The third kappa shape index (κ3) is 2.96. The predicted octanol–water partition coefficient (Wildman–Crippen LogP) is 2.80. The van der Waals surface area contributed by atoms with Crippen LogP contribution in [0.1, 0.15) is 23.5 Å². The van der Waals surface area contributed by atoms with Crippen LogP contribution in [-0.2, 0) is 4.79 Å². The van der Waals surface area contributed by atoms with Gasteiger partial charge in [-0.2, -0.15) is 5.26 Å². The Bertz CT molecular complexity index is 763. The SMILES string of the molecule is CC(C)(C#N)C(=O)N1CCN(C(=O)c2cc3sccc3s2)CC1. The van der Waals surface area contributed by atoms with Crippen molar-refractivity contribution >= 4 is 43.9 Å². The van der Waals surface area contributed by atoms with Crippen LogP contribution >= 0.6 is 22.7 Å². The van der Waals surface area contributed by atoms with Gasteiger partial charge in [0.05, 0.1) is 10.9 Å². The number of hydrogen-bond donors (Lipinski definition) is 0. The van der Waals surface area contributed by atoms with Gasteiger partial charge in [0.2, 0.25) is 5.91 Å². The summed E-state index contributed by atoms with van der Waals surface area (Å²) in [4.78, 5) is 29.1. The van der Waals surface area contributed by atoms with Gasteiger partial charge in [-0.05, 0) is 31.4 Å². The van der Waals surface area contributed by atoms with Crippen LogP contribution in [-0.4, -0.2) is 47.8 Å². The zero-order valence-electron chi connectivity index (χ0n) is 13.0. The lowest BCUT2D eigenvalue weighted by atomic mass is 9.93. The first-order valence-electron chi connectivity index (χ1n) is 7.39. The van der Waals surface area contributed by atoms with Gasteiger partial charge in [-0.25, -0.2) is 0 Å². The molecule has 1 aliphatic rings. The van der Waals surface area contributed by atoms with E-state index in [-0.39, 0.29) is 11.8 Å². The molecule has 1 fully saturated rings. The lowest BCUT2D eigenvalue weighted by molar-refractivity contribution is -0.139. The van der Waals surface area contributed by atoms with Crippen LogP contribution in [0.15, 0.2) is 17.5 Å². The first-order chi connectivity index (χ1) is 10.9. The molecular weight excluding hydrogens is 330 g/mol. The van der Waals surface area contributed by atoms with Crippen molar-refractivity contribution < 1.29 is 9.59 Å². The number of nitriles is 1. The van der Waals surface area contributed by atoms with E-state index in [1.54, 1.807) is 35.0 Å². The molecule has 5 nitrogen and oxygen atoms in total. The zero-order chi connectivity index (χ0) is 16.6. The molecule has 0 aromatic carbocycles. The number of hydrogen-bond acceptors (Lipinski definition) is 5. The number of carbonyl (C=O) groups is 2. The number of piperazine rings is 1. The lowest BCUT2D eigenvalue weighted by Gasteiger charge is -2.36. The van der Waals surface area contributed by atoms with Gasteiger partial charge in [-0.15, -0.1) is 22.7 Å². The van der Waals surface area contributed by atoms with Gasteiger partial charge in [0.15, 0.2) is 0 Å². The molecule has 0 saturated carbocycles. The molecule has 3 heterocycles. The van der Waals surface area contributed by atoms with Crippen molar-refractivity contribution in [2.75, 3.05) is 26.2 Å². The lowest BCUT2D eigenvalue weighted by Crippen LogP contribution is -2.53.